The van der Waals surface area contributed by atoms with Crippen molar-refractivity contribution in [2.24, 2.45) is 0 Å². The van der Waals surface area contributed by atoms with E-state index in [2.05, 4.69) is 15.5 Å². The van der Waals surface area contributed by atoms with Crippen LogP contribution in [0.15, 0.2) is 28.8 Å². The molecule has 6 nitrogen and oxygen atoms in total. The van der Waals surface area contributed by atoms with Gasteiger partial charge in [0.2, 0.25) is 11.7 Å². The molecule has 106 valence electrons. The standard InChI is InChI=1S/C13H14ClN3O3/c1-13(2,12(18)19)15-7-10-16-11(17-20-10)8-3-5-9(14)6-4-8/h3-6,15H,7H2,1-2H3,(H,18,19). The van der Waals surface area contributed by atoms with Crippen LogP contribution in [0.2, 0.25) is 5.02 Å². The first-order valence-corrected chi connectivity index (χ1v) is 6.33. The summed E-state index contributed by atoms with van der Waals surface area (Å²) in [4.78, 5) is 15.2. The summed E-state index contributed by atoms with van der Waals surface area (Å²) in [5.41, 5.74) is -0.281. The lowest BCUT2D eigenvalue weighted by Gasteiger charge is -2.19. The highest BCUT2D eigenvalue weighted by Crippen LogP contribution is 2.18. The Morgan fingerprint density at radius 1 is 1.40 bits per heavy atom. The molecule has 0 aliphatic heterocycles. The monoisotopic (exact) mass is 295 g/mol. The number of aromatic nitrogens is 2. The fourth-order valence-electron chi connectivity index (χ4n) is 1.42. The zero-order chi connectivity index (χ0) is 14.8. The molecule has 7 heteroatoms. The van der Waals surface area contributed by atoms with Crippen LogP contribution in [-0.2, 0) is 11.3 Å². The van der Waals surface area contributed by atoms with Gasteiger partial charge in [-0.25, -0.2) is 0 Å². The van der Waals surface area contributed by atoms with E-state index in [1.807, 2.05) is 0 Å². The summed E-state index contributed by atoms with van der Waals surface area (Å²) in [5.74, 6) is -0.189. The molecular formula is C13H14ClN3O3. The Kier molecular flexibility index (Phi) is 4.06. The Balaban J connectivity index is 2.06. The van der Waals surface area contributed by atoms with Crippen molar-refractivity contribution in [3.05, 3.63) is 35.2 Å². The van der Waals surface area contributed by atoms with Crippen LogP contribution in [0, 0.1) is 0 Å². The molecule has 0 fully saturated rings. The zero-order valence-electron chi connectivity index (χ0n) is 11.1. The van der Waals surface area contributed by atoms with Crippen LogP contribution in [0.25, 0.3) is 11.4 Å². The second-order valence-electron chi connectivity index (χ2n) is 4.80. The molecule has 0 aliphatic carbocycles. The molecule has 1 heterocycles. The average Bonchev–Trinajstić information content (AvgIpc) is 2.86. The molecule has 20 heavy (non-hydrogen) atoms. The molecule has 0 saturated carbocycles. The quantitative estimate of drug-likeness (QED) is 0.880. The third-order valence-electron chi connectivity index (χ3n) is 2.79. The predicted molar refractivity (Wildman–Crippen MR) is 73.3 cm³/mol. The first-order valence-electron chi connectivity index (χ1n) is 5.95. The molecule has 1 aromatic heterocycles. The number of nitrogens with one attached hydrogen (secondary N) is 1. The van der Waals surface area contributed by atoms with E-state index < -0.39 is 11.5 Å². The molecule has 1 aromatic carbocycles. The van der Waals surface area contributed by atoms with Crippen LogP contribution in [0.3, 0.4) is 0 Å². The smallest absolute Gasteiger partial charge is 0.323 e. The van der Waals surface area contributed by atoms with Gasteiger partial charge in [-0.2, -0.15) is 4.98 Å². The van der Waals surface area contributed by atoms with Gasteiger partial charge in [-0.05, 0) is 38.1 Å². The van der Waals surface area contributed by atoms with E-state index >= 15 is 0 Å². The van der Waals surface area contributed by atoms with Gasteiger partial charge in [0.15, 0.2) is 0 Å². The van der Waals surface area contributed by atoms with Gasteiger partial charge in [0, 0.05) is 10.6 Å². The molecule has 0 bridgehead atoms. The second kappa shape index (κ2) is 5.60. The molecular weight excluding hydrogens is 282 g/mol. The van der Waals surface area contributed by atoms with Crippen molar-refractivity contribution in [1.82, 2.24) is 15.5 Å². The first-order chi connectivity index (χ1) is 9.38. The summed E-state index contributed by atoms with van der Waals surface area (Å²) in [6, 6.07) is 7.04. The molecule has 0 radical (unpaired) electrons. The predicted octanol–water partition coefficient (Wildman–Crippen LogP) is 2.34. The largest absolute Gasteiger partial charge is 0.480 e. The fourth-order valence-corrected chi connectivity index (χ4v) is 1.54. The van der Waals surface area contributed by atoms with E-state index in [-0.39, 0.29) is 6.54 Å². The van der Waals surface area contributed by atoms with Crippen molar-refractivity contribution in [2.75, 3.05) is 0 Å². The van der Waals surface area contributed by atoms with Gasteiger partial charge in [-0.1, -0.05) is 16.8 Å². The summed E-state index contributed by atoms with van der Waals surface area (Å²) in [7, 11) is 0. The van der Waals surface area contributed by atoms with E-state index in [1.54, 1.807) is 38.1 Å². The molecule has 2 N–H and O–H groups in total. The van der Waals surface area contributed by atoms with Crippen molar-refractivity contribution in [1.29, 1.82) is 0 Å². The lowest BCUT2D eigenvalue weighted by Crippen LogP contribution is -2.46. The number of carboxylic acids is 1. The second-order valence-corrected chi connectivity index (χ2v) is 5.24. The van der Waals surface area contributed by atoms with Crippen molar-refractivity contribution in [3.63, 3.8) is 0 Å². The van der Waals surface area contributed by atoms with Gasteiger partial charge in [0.25, 0.3) is 0 Å². The fraction of sp³-hybridized carbons (Fsp3) is 0.308. The normalized spacial score (nSPS) is 11.6. The first kappa shape index (κ1) is 14.5. The Morgan fingerprint density at radius 3 is 2.65 bits per heavy atom. The number of benzene rings is 1. The minimum atomic E-state index is -1.06. The van der Waals surface area contributed by atoms with Crippen LogP contribution in [0.4, 0.5) is 0 Å². The minimum Gasteiger partial charge on any atom is -0.480 e. The summed E-state index contributed by atoms with van der Waals surface area (Å²) in [6.45, 7) is 3.30. The van der Waals surface area contributed by atoms with E-state index in [0.29, 0.717) is 16.7 Å². The maximum absolute atomic E-state index is 11.0. The van der Waals surface area contributed by atoms with Crippen LogP contribution in [-0.4, -0.2) is 26.8 Å². The molecule has 2 rings (SSSR count). The molecule has 0 saturated heterocycles. The van der Waals surface area contributed by atoms with Crippen molar-refractivity contribution >= 4 is 17.6 Å². The number of aliphatic carboxylic acids is 1. The van der Waals surface area contributed by atoms with Gasteiger partial charge >= 0.3 is 5.97 Å². The molecule has 0 spiro atoms. The van der Waals surface area contributed by atoms with Crippen LogP contribution in [0.5, 0.6) is 0 Å². The topological polar surface area (TPSA) is 88.3 Å². The van der Waals surface area contributed by atoms with E-state index in [4.69, 9.17) is 21.2 Å². The number of hydrogen-bond donors (Lipinski definition) is 2. The highest BCUT2D eigenvalue weighted by molar-refractivity contribution is 6.30. The third kappa shape index (κ3) is 3.34. The van der Waals surface area contributed by atoms with E-state index in [0.717, 1.165) is 5.56 Å². The maximum Gasteiger partial charge on any atom is 0.323 e. The summed E-state index contributed by atoms with van der Waals surface area (Å²) >= 11 is 5.80. The van der Waals surface area contributed by atoms with Crippen LogP contribution in [0.1, 0.15) is 19.7 Å². The number of halogens is 1. The number of rotatable bonds is 5. The minimum absolute atomic E-state index is 0.180. The highest BCUT2D eigenvalue weighted by atomic mass is 35.5. The average molecular weight is 296 g/mol. The van der Waals surface area contributed by atoms with Crippen molar-refractivity contribution < 1.29 is 14.4 Å². The molecule has 0 unspecified atom stereocenters. The number of hydrogen-bond acceptors (Lipinski definition) is 5. The Bertz CT molecular complexity index is 608. The van der Waals surface area contributed by atoms with Crippen molar-refractivity contribution in [3.8, 4) is 11.4 Å². The molecule has 0 amide bonds. The maximum atomic E-state index is 11.0. The third-order valence-corrected chi connectivity index (χ3v) is 3.04. The van der Waals surface area contributed by atoms with Gasteiger partial charge < -0.3 is 9.63 Å². The van der Waals surface area contributed by atoms with E-state index in [9.17, 15) is 4.79 Å². The van der Waals surface area contributed by atoms with Gasteiger partial charge in [-0.3, -0.25) is 10.1 Å². The van der Waals surface area contributed by atoms with Gasteiger partial charge in [0.1, 0.15) is 5.54 Å². The molecule has 2 aromatic rings. The lowest BCUT2D eigenvalue weighted by atomic mass is 10.1. The molecule has 0 aliphatic rings. The van der Waals surface area contributed by atoms with E-state index in [1.165, 1.54) is 0 Å². The summed E-state index contributed by atoms with van der Waals surface area (Å²) < 4.78 is 5.07. The number of nitrogens with zero attached hydrogens (tertiary/aromatic N) is 2. The van der Waals surface area contributed by atoms with Crippen LogP contribution < -0.4 is 5.32 Å². The zero-order valence-corrected chi connectivity index (χ0v) is 11.8. The Labute approximate surface area is 120 Å². The lowest BCUT2D eigenvalue weighted by molar-refractivity contribution is -0.143. The summed E-state index contributed by atoms with van der Waals surface area (Å²) in [6.07, 6.45) is 0. The molecule has 0 atom stereocenters. The summed E-state index contributed by atoms with van der Waals surface area (Å²) in [5, 5.41) is 16.3. The number of carbonyl (C=O) groups is 1. The Hall–Kier alpha value is -1.92. The number of carboxylic acid groups (broad SMARTS) is 1. The van der Waals surface area contributed by atoms with Gasteiger partial charge in [-0.15, -0.1) is 0 Å². The SMILES string of the molecule is CC(C)(NCc1nc(-c2ccc(Cl)cc2)no1)C(=O)O. The Morgan fingerprint density at radius 2 is 2.05 bits per heavy atom. The van der Waals surface area contributed by atoms with Crippen molar-refractivity contribution in [2.45, 2.75) is 25.9 Å². The van der Waals surface area contributed by atoms with Crippen LogP contribution >= 0.6 is 11.6 Å². The van der Waals surface area contributed by atoms with Gasteiger partial charge in [0.05, 0.1) is 6.54 Å². The highest BCUT2D eigenvalue weighted by Gasteiger charge is 2.26.